The lowest BCUT2D eigenvalue weighted by molar-refractivity contribution is -0.135. The molecule has 0 atom stereocenters. The van der Waals surface area contributed by atoms with E-state index < -0.39 is 50.3 Å². The molecule has 1 aromatic carbocycles. The zero-order valence-corrected chi connectivity index (χ0v) is 22.9. The Morgan fingerprint density at radius 3 is 2.22 bits per heavy atom. The van der Waals surface area contributed by atoms with E-state index >= 15 is 8.78 Å². The smallest absolute Gasteiger partial charge is 0.417 e. The molecule has 0 unspecified atom stereocenters. The van der Waals surface area contributed by atoms with Crippen molar-refractivity contribution in [1.82, 2.24) is 9.97 Å². The van der Waals surface area contributed by atoms with E-state index in [9.17, 15) is 18.0 Å². The minimum Gasteiger partial charge on any atom is -0.443 e. The second-order valence-corrected chi connectivity index (χ2v) is 11.0. The summed E-state index contributed by atoms with van der Waals surface area (Å²) in [6, 6.07) is 2.50. The Morgan fingerprint density at radius 1 is 1.08 bits per heavy atom. The Hall–Kier alpha value is -1.69. The fourth-order valence-corrected chi connectivity index (χ4v) is 4.97. The van der Waals surface area contributed by atoms with Crippen LogP contribution in [0.3, 0.4) is 0 Å². The Bertz CT molecular complexity index is 1050. The quantitative estimate of drug-likeness (QED) is 0.203. The van der Waals surface area contributed by atoms with Gasteiger partial charge in [-0.2, -0.15) is 22.0 Å². The average Bonchev–Trinajstić information content (AvgIpc) is 2.73. The van der Waals surface area contributed by atoms with Crippen LogP contribution < -0.4 is 4.90 Å². The van der Waals surface area contributed by atoms with Crippen LogP contribution in [-0.2, 0) is 19.4 Å². The molecule has 0 bridgehead atoms. The van der Waals surface area contributed by atoms with Crippen LogP contribution in [0.4, 0.5) is 32.7 Å². The molecule has 1 aromatic heterocycles. The molecule has 0 aliphatic rings. The summed E-state index contributed by atoms with van der Waals surface area (Å²) in [5, 5.41) is 0.363. The van der Waals surface area contributed by atoms with Gasteiger partial charge in [0.05, 0.1) is 18.7 Å². The van der Waals surface area contributed by atoms with Gasteiger partial charge in [0.2, 0.25) is 5.95 Å². The van der Waals surface area contributed by atoms with Gasteiger partial charge in [0.1, 0.15) is 5.60 Å². The number of hydrogen-bond acceptors (Lipinski definition) is 6. The lowest BCUT2D eigenvalue weighted by Crippen LogP contribution is -2.38. The maximum Gasteiger partial charge on any atom is 0.417 e. The number of alkyl halides is 5. The summed E-state index contributed by atoms with van der Waals surface area (Å²) in [5.41, 5.74) is -4.86. The van der Waals surface area contributed by atoms with Gasteiger partial charge >= 0.3 is 17.9 Å². The van der Waals surface area contributed by atoms with Crippen molar-refractivity contribution in [3.05, 3.63) is 28.4 Å². The van der Waals surface area contributed by atoms with Crippen molar-refractivity contribution in [3.63, 3.8) is 0 Å². The van der Waals surface area contributed by atoms with Gasteiger partial charge in [0.25, 0.3) is 8.38 Å². The van der Waals surface area contributed by atoms with Crippen LogP contribution in [0.15, 0.2) is 22.8 Å². The van der Waals surface area contributed by atoms with E-state index in [0.717, 1.165) is 11.0 Å². The molecular formula is C22H28BrF5N3O4P. The van der Waals surface area contributed by atoms with Crippen LogP contribution in [0.1, 0.15) is 53.0 Å². The third-order valence-corrected chi connectivity index (χ3v) is 6.74. The lowest BCUT2D eigenvalue weighted by Gasteiger charge is -2.27. The SMILES string of the molecule is CCOP(OCC)C(F)(F)c1cc2nc(N(CCCC(F)(F)F)C(=O)OC(C)(C)C)ncc2cc1Br. The number of anilines is 1. The van der Waals surface area contributed by atoms with Crippen molar-refractivity contribution < 1.29 is 40.5 Å². The van der Waals surface area contributed by atoms with Crippen molar-refractivity contribution in [1.29, 1.82) is 0 Å². The molecule has 36 heavy (non-hydrogen) atoms. The van der Waals surface area contributed by atoms with E-state index in [1.165, 1.54) is 12.3 Å². The molecule has 202 valence electrons. The molecule has 0 N–H and O–H groups in total. The number of benzene rings is 1. The van der Waals surface area contributed by atoms with Crippen molar-refractivity contribution in [2.24, 2.45) is 0 Å². The van der Waals surface area contributed by atoms with Crippen LogP contribution in [0, 0.1) is 0 Å². The molecule has 0 spiro atoms. The number of aromatic nitrogens is 2. The van der Waals surface area contributed by atoms with Crippen LogP contribution in [0.25, 0.3) is 10.9 Å². The summed E-state index contributed by atoms with van der Waals surface area (Å²) in [5.74, 6) is -0.271. The van der Waals surface area contributed by atoms with Crippen molar-refractivity contribution in [3.8, 4) is 0 Å². The third kappa shape index (κ3) is 8.43. The highest BCUT2D eigenvalue weighted by Crippen LogP contribution is 2.61. The monoisotopic (exact) mass is 603 g/mol. The highest BCUT2D eigenvalue weighted by atomic mass is 79.9. The first-order chi connectivity index (χ1) is 16.6. The minimum atomic E-state index is -4.42. The Kier molecular flexibility index (Phi) is 10.4. The van der Waals surface area contributed by atoms with Crippen LogP contribution in [0.5, 0.6) is 0 Å². The van der Waals surface area contributed by atoms with Crippen LogP contribution in [-0.4, -0.2) is 47.6 Å². The summed E-state index contributed by atoms with van der Waals surface area (Å²) in [4.78, 5) is 21.9. The van der Waals surface area contributed by atoms with Crippen molar-refractivity contribution in [2.45, 2.75) is 64.9 Å². The van der Waals surface area contributed by atoms with Gasteiger partial charge < -0.3 is 13.8 Å². The summed E-state index contributed by atoms with van der Waals surface area (Å²) in [7, 11) is -2.62. The van der Waals surface area contributed by atoms with Gasteiger partial charge in [-0.25, -0.2) is 19.7 Å². The van der Waals surface area contributed by atoms with E-state index in [0.29, 0.717) is 5.39 Å². The molecule has 7 nitrogen and oxygen atoms in total. The number of hydrogen-bond donors (Lipinski definition) is 0. The number of fused-ring (bicyclic) bond motifs is 1. The molecule has 0 aliphatic carbocycles. The van der Waals surface area contributed by atoms with Gasteiger partial charge in [0.15, 0.2) is 0 Å². The predicted octanol–water partition coefficient (Wildman–Crippen LogP) is 7.91. The number of nitrogens with zero attached hydrogens (tertiary/aromatic N) is 3. The minimum absolute atomic E-state index is 0.0155. The highest BCUT2D eigenvalue weighted by Gasteiger charge is 2.46. The molecule has 1 heterocycles. The summed E-state index contributed by atoms with van der Waals surface area (Å²) >= 11 is 3.15. The Balaban J connectivity index is 2.52. The van der Waals surface area contributed by atoms with E-state index in [2.05, 4.69) is 25.9 Å². The number of rotatable bonds is 10. The first-order valence-corrected chi connectivity index (χ1v) is 13.0. The summed E-state index contributed by atoms with van der Waals surface area (Å²) < 4.78 is 84.5. The number of carbonyl (C=O) groups is 1. The molecule has 0 saturated heterocycles. The molecule has 14 heteroatoms. The summed E-state index contributed by atoms with van der Waals surface area (Å²) in [6.45, 7) is 7.58. The molecule has 0 aliphatic heterocycles. The molecule has 0 saturated carbocycles. The maximum atomic E-state index is 15.3. The largest absolute Gasteiger partial charge is 0.443 e. The Labute approximate surface area is 215 Å². The maximum absolute atomic E-state index is 15.3. The summed E-state index contributed by atoms with van der Waals surface area (Å²) in [6.07, 6.45) is -5.65. The van der Waals surface area contributed by atoms with Crippen LogP contribution >= 0.6 is 24.3 Å². The number of carbonyl (C=O) groups excluding carboxylic acids is 1. The predicted molar refractivity (Wildman–Crippen MR) is 130 cm³/mol. The van der Waals surface area contributed by atoms with E-state index in [1.807, 2.05) is 0 Å². The lowest BCUT2D eigenvalue weighted by atomic mass is 10.1. The van der Waals surface area contributed by atoms with Crippen molar-refractivity contribution in [2.75, 3.05) is 24.7 Å². The fraction of sp³-hybridized carbons (Fsp3) is 0.591. The molecular weight excluding hydrogens is 576 g/mol. The van der Waals surface area contributed by atoms with Gasteiger partial charge in [-0.15, -0.1) is 0 Å². The van der Waals surface area contributed by atoms with E-state index in [1.54, 1.807) is 34.6 Å². The topological polar surface area (TPSA) is 73.8 Å². The molecule has 2 aromatic rings. The number of amides is 1. The first kappa shape index (κ1) is 30.5. The molecule has 1 amide bonds. The van der Waals surface area contributed by atoms with E-state index in [4.69, 9.17) is 13.8 Å². The highest BCUT2D eigenvalue weighted by molar-refractivity contribution is 9.10. The van der Waals surface area contributed by atoms with Crippen LogP contribution in [0.2, 0.25) is 0 Å². The second kappa shape index (κ2) is 12.2. The van der Waals surface area contributed by atoms with Gasteiger partial charge in [-0.1, -0.05) is 15.9 Å². The Morgan fingerprint density at radius 2 is 1.69 bits per heavy atom. The fourth-order valence-electron chi connectivity index (χ4n) is 2.96. The van der Waals surface area contributed by atoms with Crippen molar-refractivity contribution >= 4 is 47.2 Å². The molecule has 2 rings (SSSR count). The molecule has 0 fully saturated rings. The number of halogens is 6. The number of ether oxygens (including phenoxy) is 1. The zero-order valence-electron chi connectivity index (χ0n) is 20.5. The van der Waals surface area contributed by atoms with Gasteiger partial charge in [0, 0.05) is 34.6 Å². The molecule has 0 radical (unpaired) electrons. The second-order valence-electron chi connectivity index (χ2n) is 8.55. The third-order valence-electron chi connectivity index (χ3n) is 4.40. The van der Waals surface area contributed by atoms with Gasteiger partial charge in [-0.05, 0) is 53.2 Å². The van der Waals surface area contributed by atoms with E-state index in [-0.39, 0.29) is 35.7 Å². The first-order valence-electron chi connectivity index (χ1n) is 11.1. The normalized spacial score (nSPS) is 12.9. The standard InChI is InChI=1S/C22H28BrF5N3O4P/c1-6-33-36(34-7-2)22(27,28)15-12-17-14(11-16(15)23)13-29-18(30-17)31(10-8-9-21(24,25)26)19(32)35-20(3,4)5/h11-13H,6-10H2,1-5H3. The zero-order chi connectivity index (χ0) is 27.3. The average molecular weight is 604 g/mol. The van der Waals surface area contributed by atoms with Gasteiger partial charge in [-0.3, -0.25) is 0 Å².